The molecule has 2 N–H and O–H groups in total. The highest BCUT2D eigenvalue weighted by Crippen LogP contribution is 2.23. The number of anilines is 1. The molecule has 0 aromatic carbocycles. The number of rotatable bonds is 3. The van der Waals surface area contributed by atoms with Crippen molar-refractivity contribution in [3.8, 4) is 5.75 Å². The molecular weight excluding hydrogens is 254 g/mol. The molecule has 2 heterocycles. The summed E-state index contributed by atoms with van der Waals surface area (Å²) < 4.78 is 27.9. The van der Waals surface area contributed by atoms with Crippen molar-refractivity contribution < 1.29 is 13.5 Å². The molecule has 2 rings (SSSR count). The van der Waals surface area contributed by atoms with E-state index in [0.29, 0.717) is 19.0 Å². The third kappa shape index (κ3) is 2.91. The molecule has 1 aromatic rings. The minimum Gasteiger partial charge on any atom is -0.504 e. The third-order valence-electron chi connectivity index (χ3n) is 2.97. The lowest BCUT2D eigenvalue weighted by molar-refractivity contribution is 0.282. The van der Waals surface area contributed by atoms with Crippen LogP contribution in [0.3, 0.4) is 0 Å². The molecule has 1 saturated heterocycles. The van der Waals surface area contributed by atoms with E-state index in [0.717, 1.165) is 12.8 Å². The van der Waals surface area contributed by atoms with Gasteiger partial charge in [-0.15, -0.1) is 0 Å². The van der Waals surface area contributed by atoms with Crippen molar-refractivity contribution in [2.45, 2.75) is 19.8 Å². The van der Waals surface area contributed by atoms with E-state index >= 15 is 0 Å². The predicted octanol–water partition coefficient (Wildman–Crippen LogP) is 1.18. The van der Waals surface area contributed by atoms with Gasteiger partial charge in [0.1, 0.15) is 0 Å². The van der Waals surface area contributed by atoms with E-state index in [9.17, 15) is 13.5 Å². The lowest BCUT2D eigenvalue weighted by Gasteiger charge is -2.29. The van der Waals surface area contributed by atoms with Gasteiger partial charge in [0.2, 0.25) is 0 Å². The predicted molar refractivity (Wildman–Crippen MR) is 68.4 cm³/mol. The SMILES string of the molecule is CC1CCCN(S(=O)(=O)Nc2ncccc2O)C1. The smallest absolute Gasteiger partial charge is 0.302 e. The summed E-state index contributed by atoms with van der Waals surface area (Å²) in [5, 5.41) is 9.52. The topological polar surface area (TPSA) is 82.5 Å². The first kappa shape index (κ1) is 13.1. The van der Waals surface area contributed by atoms with Gasteiger partial charge in [-0.05, 0) is 30.9 Å². The zero-order valence-corrected chi connectivity index (χ0v) is 11.0. The van der Waals surface area contributed by atoms with Crippen LogP contribution in [0, 0.1) is 5.92 Å². The average molecular weight is 271 g/mol. The van der Waals surface area contributed by atoms with E-state index in [1.807, 2.05) is 6.92 Å². The Hall–Kier alpha value is -1.34. The Balaban J connectivity index is 2.14. The third-order valence-corrected chi connectivity index (χ3v) is 4.43. The van der Waals surface area contributed by atoms with Crippen molar-refractivity contribution in [3.63, 3.8) is 0 Å². The van der Waals surface area contributed by atoms with Crippen LogP contribution in [0.4, 0.5) is 5.82 Å². The molecule has 1 unspecified atom stereocenters. The molecule has 0 spiro atoms. The number of nitrogens with one attached hydrogen (secondary N) is 1. The summed E-state index contributed by atoms with van der Waals surface area (Å²) >= 11 is 0. The number of nitrogens with zero attached hydrogens (tertiary/aromatic N) is 2. The molecule has 1 aliphatic rings. The van der Waals surface area contributed by atoms with Gasteiger partial charge in [0, 0.05) is 19.3 Å². The second-order valence-corrected chi connectivity index (χ2v) is 6.25. The van der Waals surface area contributed by atoms with Gasteiger partial charge in [-0.1, -0.05) is 6.92 Å². The number of hydrogen-bond donors (Lipinski definition) is 2. The fourth-order valence-electron chi connectivity index (χ4n) is 2.03. The zero-order chi connectivity index (χ0) is 13.2. The van der Waals surface area contributed by atoms with Crippen LogP contribution in [0.5, 0.6) is 5.75 Å². The lowest BCUT2D eigenvalue weighted by atomic mass is 10.0. The Bertz CT molecular complexity index is 518. The summed E-state index contributed by atoms with van der Waals surface area (Å²) in [6.07, 6.45) is 3.33. The van der Waals surface area contributed by atoms with Crippen molar-refractivity contribution in [1.82, 2.24) is 9.29 Å². The molecule has 0 amide bonds. The lowest BCUT2D eigenvalue weighted by Crippen LogP contribution is -2.42. The molecule has 0 bridgehead atoms. The zero-order valence-electron chi connectivity index (χ0n) is 10.2. The summed E-state index contributed by atoms with van der Waals surface area (Å²) in [6.45, 7) is 3.04. The largest absolute Gasteiger partial charge is 0.504 e. The van der Waals surface area contributed by atoms with Crippen molar-refractivity contribution in [2.75, 3.05) is 17.8 Å². The van der Waals surface area contributed by atoms with Crippen LogP contribution in [0.25, 0.3) is 0 Å². The van der Waals surface area contributed by atoms with E-state index in [2.05, 4.69) is 9.71 Å². The van der Waals surface area contributed by atoms with Gasteiger partial charge in [-0.2, -0.15) is 12.7 Å². The molecule has 0 aliphatic carbocycles. The Morgan fingerprint density at radius 1 is 1.56 bits per heavy atom. The molecule has 1 atom stereocenters. The molecule has 0 radical (unpaired) electrons. The van der Waals surface area contributed by atoms with Gasteiger partial charge in [0.15, 0.2) is 11.6 Å². The summed E-state index contributed by atoms with van der Waals surface area (Å²) in [5.41, 5.74) is 0. The summed E-state index contributed by atoms with van der Waals surface area (Å²) in [4.78, 5) is 3.81. The van der Waals surface area contributed by atoms with Gasteiger partial charge >= 0.3 is 10.2 Å². The maximum absolute atomic E-state index is 12.1. The monoisotopic (exact) mass is 271 g/mol. The Morgan fingerprint density at radius 3 is 3.00 bits per heavy atom. The quantitative estimate of drug-likeness (QED) is 0.864. The first-order valence-corrected chi connectivity index (χ1v) is 7.35. The Kier molecular flexibility index (Phi) is 3.72. The van der Waals surface area contributed by atoms with Gasteiger partial charge < -0.3 is 5.11 Å². The first-order valence-electron chi connectivity index (χ1n) is 5.91. The molecule has 100 valence electrons. The van der Waals surface area contributed by atoms with Crippen molar-refractivity contribution in [1.29, 1.82) is 0 Å². The normalized spacial score (nSPS) is 21.7. The minimum absolute atomic E-state index is 0.0317. The maximum atomic E-state index is 12.1. The first-order chi connectivity index (χ1) is 8.49. The molecule has 6 nitrogen and oxygen atoms in total. The summed E-state index contributed by atoms with van der Waals surface area (Å²) in [5.74, 6) is 0.148. The van der Waals surface area contributed by atoms with Crippen molar-refractivity contribution in [3.05, 3.63) is 18.3 Å². The van der Waals surface area contributed by atoms with E-state index < -0.39 is 10.2 Å². The fourth-order valence-corrected chi connectivity index (χ4v) is 3.38. The van der Waals surface area contributed by atoms with Gasteiger partial charge in [-0.25, -0.2) is 4.98 Å². The standard InChI is InChI=1S/C11H17N3O3S/c1-9-4-3-7-14(8-9)18(16,17)13-11-10(15)5-2-6-12-11/h2,5-6,9,15H,3-4,7-8H2,1H3,(H,12,13). The minimum atomic E-state index is -3.63. The molecule has 0 saturated carbocycles. The number of aromatic hydroxyl groups is 1. The van der Waals surface area contributed by atoms with Crippen LogP contribution in [0.1, 0.15) is 19.8 Å². The molecule has 7 heteroatoms. The van der Waals surface area contributed by atoms with E-state index in [1.54, 1.807) is 0 Å². The highest BCUT2D eigenvalue weighted by atomic mass is 32.2. The highest BCUT2D eigenvalue weighted by Gasteiger charge is 2.27. The second kappa shape index (κ2) is 5.11. The van der Waals surface area contributed by atoms with Crippen LogP contribution in [-0.2, 0) is 10.2 Å². The average Bonchev–Trinajstić information content (AvgIpc) is 2.32. The van der Waals surface area contributed by atoms with Crippen molar-refractivity contribution in [2.24, 2.45) is 5.92 Å². The number of hydrogen-bond acceptors (Lipinski definition) is 4. The Morgan fingerprint density at radius 2 is 2.33 bits per heavy atom. The highest BCUT2D eigenvalue weighted by molar-refractivity contribution is 7.90. The molecule has 18 heavy (non-hydrogen) atoms. The van der Waals surface area contributed by atoms with E-state index in [-0.39, 0.29) is 11.6 Å². The molecule has 1 aromatic heterocycles. The van der Waals surface area contributed by atoms with Crippen LogP contribution in [-0.4, -0.2) is 35.9 Å². The van der Waals surface area contributed by atoms with E-state index in [1.165, 1.54) is 22.6 Å². The van der Waals surface area contributed by atoms with Crippen LogP contribution in [0.15, 0.2) is 18.3 Å². The van der Waals surface area contributed by atoms with Gasteiger partial charge in [-0.3, -0.25) is 4.72 Å². The van der Waals surface area contributed by atoms with Crippen LogP contribution in [0.2, 0.25) is 0 Å². The summed E-state index contributed by atoms with van der Waals surface area (Å²) in [7, 11) is -3.63. The molecule has 1 fully saturated rings. The van der Waals surface area contributed by atoms with E-state index in [4.69, 9.17) is 0 Å². The Labute approximate surface area is 107 Å². The van der Waals surface area contributed by atoms with Gasteiger partial charge in [0.25, 0.3) is 0 Å². The molecule has 1 aliphatic heterocycles. The second-order valence-electron chi connectivity index (χ2n) is 4.58. The fraction of sp³-hybridized carbons (Fsp3) is 0.545. The van der Waals surface area contributed by atoms with Crippen molar-refractivity contribution >= 4 is 16.0 Å². The van der Waals surface area contributed by atoms with Crippen LogP contribution < -0.4 is 4.72 Å². The number of aromatic nitrogens is 1. The van der Waals surface area contributed by atoms with Crippen LogP contribution >= 0.6 is 0 Å². The number of pyridine rings is 1. The van der Waals surface area contributed by atoms with Gasteiger partial charge in [0.05, 0.1) is 0 Å². The summed E-state index contributed by atoms with van der Waals surface area (Å²) in [6, 6.07) is 2.93. The molecular formula is C11H17N3O3S. The maximum Gasteiger partial charge on any atom is 0.302 e. The number of piperidine rings is 1.